The Hall–Kier alpha value is -2.86. The highest BCUT2D eigenvalue weighted by Gasteiger charge is 2.22. The number of carbonyl (C=O) groups is 2. The molecule has 0 spiro atoms. The Kier molecular flexibility index (Phi) is 4.36. The zero-order valence-corrected chi connectivity index (χ0v) is 16.3. The van der Waals surface area contributed by atoms with Crippen LogP contribution >= 0.6 is 15.9 Å². The van der Waals surface area contributed by atoms with E-state index >= 15 is 0 Å². The topological polar surface area (TPSA) is 61.8 Å². The Labute approximate surface area is 164 Å². The van der Waals surface area contributed by atoms with Crippen LogP contribution < -0.4 is 14.2 Å². The number of carbonyl (C=O) groups excluding carboxylic acids is 2. The van der Waals surface area contributed by atoms with Gasteiger partial charge in [-0.1, -0.05) is 12.1 Å². The fourth-order valence-electron chi connectivity index (χ4n) is 3.22. The van der Waals surface area contributed by atoms with E-state index in [0.717, 1.165) is 37.7 Å². The Balaban J connectivity index is 1.83. The van der Waals surface area contributed by atoms with Crippen molar-refractivity contribution < 1.29 is 23.8 Å². The van der Waals surface area contributed by atoms with Gasteiger partial charge in [-0.3, -0.25) is 9.59 Å². The van der Waals surface area contributed by atoms with Crippen molar-refractivity contribution >= 4 is 38.6 Å². The van der Waals surface area contributed by atoms with Crippen molar-refractivity contribution in [2.45, 2.75) is 20.5 Å². The molecule has 3 aromatic carbocycles. The summed E-state index contributed by atoms with van der Waals surface area (Å²) in [6, 6.07) is 13.0. The highest BCUT2D eigenvalue weighted by molar-refractivity contribution is 9.10. The molecule has 0 atom stereocenters. The maximum atomic E-state index is 11.2. The summed E-state index contributed by atoms with van der Waals surface area (Å²) < 4.78 is 17.1. The van der Waals surface area contributed by atoms with Crippen LogP contribution in [0.1, 0.15) is 19.4 Å². The van der Waals surface area contributed by atoms with E-state index in [2.05, 4.69) is 15.9 Å². The molecule has 0 aliphatic carbocycles. The van der Waals surface area contributed by atoms with Crippen molar-refractivity contribution in [3.63, 3.8) is 0 Å². The number of hydrogen-bond acceptors (Lipinski definition) is 5. The maximum Gasteiger partial charge on any atom is 0.308 e. The van der Waals surface area contributed by atoms with Gasteiger partial charge in [-0.25, -0.2) is 0 Å². The van der Waals surface area contributed by atoms with Crippen molar-refractivity contribution in [1.82, 2.24) is 0 Å². The fraction of sp³-hybridized carbons (Fsp3) is 0.143. The molecule has 136 valence electrons. The van der Waals surface area contributed by atoms with Crippen LogP contribution in [0, 0.1) is 0 Å². The third-order valence-corrected chi connectivity index (χ3v) is 5.05. The van der Waals surface area contributed by atoms with Gasteiger partial charge in [-0.05, 0) is 57.2 Å². The van der Waals surface area contributed by atoms with E-state index < -0.39 is 0 Å². The minimum Gasteiger partial charge on any atom is -0.487 e. The van der Waals surface area contributed by atoms with Gasteiger partial charge in [0.25, 0.3) is 0 Å². The van der Waals surface area contributed by atoms with Gasteiger partial charge in [-0.15, -0.1) is 0 Å². The molecule has 0 amide bonds. The Morgan fingerprint density at radius 3 is 2.30 bits per heavy atom. The van der Waals surface area contributed by atoms with E-state index in [4.69, 9.17) is 14.2 Å². The second-order valence-electron chi connectivity index (χ2n) is 6.25. The highest BCUT2D eigenvalue weighted by Crippen LogP contribution is 2.47. The first kappa shape index (κ1) is 17.5. The minimum atomic E-state index is -0.364. The normalized spacial score (nSPS) is 12.0. The highest BCUT2D eigenvalue weighted by atomic mass is 79.9. The van der Waals surface area contributed by atoms with Crippen molar-refractivity contribution in [3.05, 3.63) is 52.5 Å². The molecule has 0 saturated heterocycles. The number of halogens is 1. The van der Waals surface area contributed by atoms with Gasteiger partial charge in [-0.2, -0.15) is 0 Å². The molecule has 1 aliphatic heterocycles. The number of esters is 2. The van der Waals surface area contributed by atoms with Gasteiger partial charge in [0.05, 0.1) is 4.47 Å². The molecule has 5 nitrogen and oxygen atoms in total. The lowest BCUT2D eigenvalue weighted by molar-refractivity contribution is -0.132. The van der Waals surface area contributed by atoms with Crippen molar-refractivity contribution in [2.75, 3.05) is 0 Å². The molecule has 3 aromatic rings. The smallest absolute Gasteiger partial charge is 0.308 e. The molecule has 0 aromatic heterocycles. The van der Waals surface area contributed by atoms with Crippen LogP contribution in [0.2, 0.25) is 0 Å². The van der Waals surface area contributed by atoms with E-state index in [-0.39, 0.29) is 11.9 Å². The fourth-order valence-corrected chi connectivity index (χ4v) is 3.89. The van der Waals surface area contributed by atoms with Gasteiger partial charge < -0.3 is 14.2 Å². The summed E-state index contributed by atoms with van der Waals surface area (Å²) in [5, 5.41) is 1.88. The summed E-state index contributed by atoms with van der Waals surface area (Å²) in [5.41, 5.74) is 2.92. The van der Waals surface area contributed by atoms with E-state index in [9.17, 15) is 9.59 Å². The summed E-state index contributed by atoms with van der Waals surface area (Å²) >= 11 is 3.63. The van der Waals surface area contributed by atoms with E-state index in [1.807, 2.05) is 30.3 Å². The van der Waals surface area contributed by atoms with Crippen molar-refractivity contribution in [3.8, 4) is 28.4 Å². The Bertz CT molecular complexity index is 1100. The summed E-state index contributed by atoms with van der Waals surface area (Å²) in [7, 11) is 0. The lowest BCUT2D eigenvalue weighted by Gasteiger charge is -2.23. The lowest BCUT2D eigenvalue weighted by Crippen LogP contribution is -2.08. The number of hydrogen-bond donors (Lipinski definition) is 0. The molecule has 6 heteroatoms. The van der Waals surface area contributed by atoms with Crippen LogP contribution in [0.25, 0.3) is 21.9 Å². The average molecular weight is 427 g/mol. The third-order valence-electron chi connectivity index (χ3n) is 4.27. The molecule has 4 rings (SSSR count). The van der Waals surface area contributed by atoms with Crippen LogP contribution in [-0.4, -0.2) is 11.9 Å². The van der Waals surface area contributed by atoms with Crippen molar-refractivity contribution in [1.29, 1.82) is 0 Å². The van der Waals surface area contributed by atoms with E-state index in [1.54, 1.807) is 12.1 Å². The Morgan fingerprint density at radius 1 is 0.926 bits per heavy atom. The van der Waals surface area contributed by atoms with Crippen LogP contribution in [0.3, 0.4) is 0 Å². The van der Waals surface area contributed by atoms with E-state index in [1.165, 1.54) is 13.8 Å². The first-order valence-corrected chi connectivity index (χ1v) is 9.11. The van der Waals surface area contributed by atoms with Gasteiger partial charge in [0, 0.05) is 30.4 Å². The number of rotatable bonds is 2. The predicted octanol–water partition coefficient (Wildman–Crippen LogP) is 5.01. The van der Waals surface area contributed by atoms with Crippen molar-refractivity contribution in [2.24, 2.45) is 0 Å². The first-order valence-electron chi connectivity index (χ1n) is 8.31. The van der Waals surface area contributed by atoms with Gasteiger partial charge in [0.15, 0.2) is 0 Å². The zero-order valence-electron chi connectivity index (χ0n) is 14.7. The molecule has 0 saturated carbocycles. The molecule has 27 heavy (non-hydrogen) atoms. The lowest BCUT2D eigenvalue weighted by atomic mass is 9.94. The summed E-state index contributed by atoms with van der Waals surface area (Å²) in [4.78, 5) is 22.4. The van der Waals surface area contributed by atoms with Gasteiger partial charge >= 0.3 is 11.9 Å². The molecule has 0 fully saturated rings. The minimum absolute atomic E-state index is 0.357. The molecular formula is C21H15BrO5. The third kappa shape index (κ3) is 3.28. The molecule has 1 aliphatic rings. The molecule has 0 N–H and O–H groups in total. The molecular weight excluding hydrogens is 412 g/mol. The van der Waals surface area contributed by atoms with Crippen LogP contribution in [0.15, 0.2) is 46.9 Å². The monoisotopic (exact) mass is 426 g/mol. The van der Waals surface area contributed by atoms with Crippen LogP contribution in [0.5, 0.6) is 17.2 Å². The largest absolute Gasteiger partial charge is 0.487 e. The number of ether oxygens (including phenoxy) is 3. The van der Waals surface area contributed by atoms with Gasteiger partial charge in [0.2, 0.25) is 0 Å². The average Bonchev–Trinajstić information content (AvgIpc) is 2.61. The van der Waals surface area contributed by atoms with E-state index in [0.29, 0.717) is 18.1 Å². The van der Waals surface area contributed by atoms with Crippen LogP contribution in [-0.2, 0) is 16.2 Å². The maximum absolute atomic E-state index is 11.2. The first-order chi connectivity index (χ1) is 12.9. The summed E-state index contributed by atoms with van der Waals surface area (Å²) in [5.74, 6) is 0.994. The van der Waals surface area contributed by atoms with Gasteiger partial charge in [0.1, 0.15) is 23.9 Å². The second kappa shape index (κ2) is 6.70. The molecule has 0 bridgehead atoms. The Morgan fingerprint density at radius 2 is 1.59 bits per heavy atom. The SMILES string of the molecule is CC(=O)Oc1ccc2c(c1)COc1c-2cc2ccc(OC(C)=O)cc2c1Br. The van der Waals surface area contributed by atoms with Crippen LogP contribution in [0.4, 0.5) is 0 Å². The number of benzene rings is 3. The standard InChI is InChI=1S/C21H15BrO5/c1-11(23)26-15-5-6-17-14(7-15)10-25-21-19(17)8-13-3-4-16(27-12(2)24)9-18(13)20(21)22/h3-9H,10H2,1-2H3. The molecule has 0 unspecified atom stereocenters. The second-order valence-corrected chi connectivity index (χ2v) is 7.04. The quantitative estimate of drug-likeness (QED) is 0.425. The predicted molar refractivity (Wildman–Crippen MR) is 104 cm³/mol. The summed E-state index contributed by atoms with van der Waals surface area (Å²) in [6.07, 6.45) is 0. The zero-order chi connectivity index (χ0) is 19.1. The summed E-state index contributed by atoms with van der Waals surface area (Å²) in [6.45, 7) is 3.11. The number of fused-ring (bicyclic) bond motifs is 4. The molecule has 0 radical (unpaired) electrons. The molecule has 1 heterocycles.